The molecule has 6 heteroatoms. The number of alkyl halides is 3. The molecule has 0 unspecified atom stereocenters. The van der Waals surface area contributed by atoms with Crippen LogP contribution in [0.15, 0.2) is 47.3 Å². The Morgan fingerprint density at radius 3 is 2.52 bits per heavy atom. The molecule has 3 nitrogen and oxygen atoms in total. The molecule has 0 radical (unpaired) electrons. The monoisotopic (exact) mass is 316 g/mol. The van der Waals surface area contributed by atoms with Crippen molar-refractivity contribution in [1.82, 2.24) is 9.55 Å². The molecule has 0 amide bonds. The van der Waals surface area contributed by atoms with Crippen LogP contribution in [0.1, 0.15) is 5.56 Å². The normalized spacial score (nSPS) is 12.5. The van der Waals surface area contributed by atoms with Gasteiger partial charge in [-0.25, -0.2) is 0 Å². The lowest BCUT2D eigenvalue weighted by molar-refractivity contribution is -0.137. The smallest absolute Gasteiger partial charge is 0.340 e. The van der Waals surface area contributed by atoms with Crippen LogP contribution in [-0.2, 0) is 13.2 Å². The highest BCUT2D eigenvalue weighted by Gasteiger charge is 2.31. The van der Waals surface area contributed by atoms with E-state index in [9.17, 15) is 18.0 Å². The van der Waals surface area contributed by atoms with Crippen molar-refractivity contribution in [2.24, 2.45) is 7.05 Å². The average molecular weight is 316 g/mol. The second-order valence-electron chi connectivity index (χ2n) is 5.51. The number of halogens is 3. The van der Waals surface area contributed by atoms with Gasteiger partial charge in [0.2, 0.25) is 0 Å². The van der Waals surface area contributed by atoms with Gasteiger partial charge in [-0.3, -0.25) is 4.79 Å². The van der Waals surface area contributed by atoms with Crippen LogP contribution in [0.3, 0.4) is 0 Å². The van der Waals surface area contributed by atoms with E-state index in [-0.39, 0.29) is 5.39 Å². The number of rotatable bonds is 0. The van der Waals surface area contributed by atoms with Gasteiger partial charge in [0.1, 0.15) is 5.65 Å². The molecule has 0 fully saturated rings. The third-order valence-electron chi connectivity index (χ3n) is 4.18. The van der Waals surface area contributed by atoms with Gasteiger partial charge < -0.3 is 9.55 Å². The molecule has 4 rings (SSSR count). The number of hydrogen-bond acceptors (Lipinski definition) is 1. The molecule has 2 heterocycles. The maximum Gasteiger partial charge on any atom is 0.416 e. The third kappa shape index (κ3) is 1.87. The molecule has 0 saturated heterocycles. The van der Waals surface area contributed by atoms with Crippen molar-refractivity contribution < 1.29 is 13.2 Å². The highest BCUT2D eigenvalue weighted by molar-refractivity contribution is 6.09. The quantitative estimate of drug-likeness (QED) is 0.519. The van der Waals surface area contributed by atoms with E-state index in [1.165, 1.54) is 6.07 Å². The topological polar surface area (TPSA) is 37.8 Å². The minimum Gasteiger partial charge on any atom is -0.340 e. The molecular weight excluding hydrogens is 305 g/mol. The van der Waals surface area contributed by atoms with Crippen molar-refractivity contribution in [3.8, 4) is 0 Å². The molecular formula is C17H11F3N2O. The van der Waals surface area contributed by atoms with Gasteiger partial charge in [0, 0.05) is 23.3 Å². The van der Waals surface area contributed by atoms with E-state index in [1.807, 2.05) is 12.1 Å². The van der Waals surface area contributed by atoms with Crippen molar-refractivity contribution >= 4 is 32.8 Å². The average Bonchev–Trinajstić information content (AvgIpc) is 2.91. The number of nitrogens with zero attached hydrogens (tertiary/aromatic N) is 1. The van der Waals surface area contributed by atoms with Crippen LogP contribution in [0.2, 0.25) is 0 Å². The van der Waals surface area contributed by atoms with Crippen molar-refractivity contribution in [2.75, 3.05) is 0 Å². The highest BCUT2D eigenvalue weighted by atomic mass is 19.4. The van der Waals surface area contributed by atoms with Gasteiger partial charge in [-0.2, -0.15) is 13.2 Å². The Hall–Kier alpha value is -2.76. The second-order valence-corrected chi connectivity index (χ2v) is 5.51. The summed E-state index contributed by atoms with van der Waals surface area (Å²) in [6.45, 7) is 0. The first kappa shape index (κ1) is 13.9. The summed E-state index contributed by atoms with van der Waals surface area (Å²) in [6, 6.07) is 10.5. The van der Waals surface area contributed by atoms with E-state index in [4.69, 9.17) is 0 Å². The molecule has 0 aliphatic rings. The van der Waals surface area contributed by atoms with Crippen LogP contribution in [0.4, 0.5) is 13.2 Å². The fraction of sp³-hybridized carbons (Fsp3) is 0.118. The van der Waals surface area contributed by atoms with Gasteiger partial charge in [-0.15, -0.1) is 0 Å². The van der Waals surface area contributed by atoms with Gasteiger partial charge in [0.05, 0.1) is 16.5 Å². The van der Waals surface area contributed by atoms with Crippen molar-refractivity contribution in [3.05, 3.63) is 58.3 Å². The van der Waals surface area contributed by atoms with Crippen LogP contribution in [-0.4, -0.2) is 9.55 Å². The largest absolute Gasteiger partial charge is 0.416 e. The van der Waals surface area contributed by atoms with E-state index in [1.54, 1.807) is 23.7 Å². The lowest BCUT2D eigenvalue weighted by atomic mass is 10.1. The van der Waals surface area contributed by atoms with Gasteiger partial charge >= 0.3 is 6.18 Å². The zero-order valence-electron chi connectivity index (χ0n) is 12.0. The Labute approximate surface area is 128 Å². The molecule has 116 valence electrons. The number of hydrogen-bond donors (Lipinski definition) is 1. The Morgan fingerprint density at radius 1 is 1.04 bits per heavy atom. The van der Waals surface area contributed by atoms with Gasteiger partial charge in [0.25, 0.3) is 0 Å². The molecule has 2 aromatic carbocycles. The van der Waals surface area contributed by atoms with E-state index < -0.39 is 17.2 Å². The Bertz CT molecular complexity index is 1140. The van der Waals surface area contributed by atoms with E-state index in [2.05, 4.69) is 4.98 Å². The summed E-state index contributed by atoms with van der Waals surface area (Å²) in [5.74, 6) is 0. The third-order valence-corrected chi connectivity index (χ3v) is 4.18. The molecule has 4 aromatic rings. The summed E-state index contributed by atoms with van der Waals surface area (Å²) in [5.41, 5.74) is 0.630. The summed E-state index contributed by atoms with van der Waals surface area (Å²) in [6.07, 6.45) is -4.48. The lowest BCUT2D eigenvalue weighted by Gasteiger charge is -2.11. The van der Waals surface area contributed by atoms with Crippen molar-refractivity contribution in [3.63, 3.8) is 0 Å². The number of benzene rings is 2. The van der Waals surface area contributed by atoms with Crippen LogP contribution < -0.4 is 5.43 Å². The summed E-state index contributed by atoms with van der Waals surface area (Å²) in [5, 5.41) is 1.19. The van der Waals surface area contributed by atoms with Crippen LogP contribution >= 0.6 is 0 Å². The maximum absolute atomic E-state index is 12.9. The molecule has 0 atom stereocenters. The summed E-state index contributed by atoms with van der Waals surface area (Å²) < 4.78 is 40.5. The highest BCUT2D eigenvalue weighted by Crippen LogP contribution is 2.32. The standard InChI is InChI=1S/C17H11F3N2O/c1-22-13-7-6-9(17(18,19)20)8-11(13)15(23)14-10-4-2-3-5-12(10)21-16(14)22/h2-8,21H,1H3. The van der Waals surface area contributed by atoms with Gasteiger partial charge in [-0.05, 0) is 24.3 Å². The Kier molecular flexibility index (Phi) is 2.64. The van der Waals surface area contributed by atoms with E-state index >= 15 is 0 Å². The molecule has 0 aliphatic carbocycles. The number of fused-ring (bicyclic) bond motifs is 4. The zero-order valence-corrected chi connectivity index (χ0v) is 12.0. The SMILES string of the molecule is Cn1c2ccc(C(F)(F)F)cc2c(=O)c2c3ccccc3[nH]c21. The number of H-pyrrole nitrogens is 1. The number of aromatic amines is 1. The summed E-state index contributed by atoms with van der Waals surface area (Å²) in [4.78, 5) is 16.0. The number of nitrogens with one attached hydrogen (secondary N) is 1. The number of pyridine rings is 1. The summed E-state index contributed by atoms with van der Waals surface area (Å²) >= 11 is 0. The van der Waals surface area contributed by atoms with E-state index in [0.29, 0.717) is 21.9 Å². The minimum atomic E-state index is -4.48. The first-order chi connectivity index (χ1) is 10.9. The fourth-order valence-electron chi connectivity index (χ4n) is 3.05. The van der Waals surface area contributed by atoms with Crippen LogP contribution in [0.5, 0.6) is 0 Å². The molecule has 23 heavy (non-hydrogen) atoms. The first-order valence-electron chi connectivity index (χ1n) is 6.98. The lowest BCUT2D eigenvalue weighted by Crippen LogP contribution is -2.11. The zero-order chi connectivity index (χ0) is 16.4. The molecule has 2 aromatic heterocycles. The predicted octanol–water partition coefficient (Wildman–Crippen LogP) is 4.19. The van der Waals surface area contributed by atoms with E-state index in [0.717, 1.165) is 17.6 Å². The second kappa shape index (κ2) is 4.38. The number of aryl methyl sites for hydroxylation is 1. The number of aromatic nitrogens is 2. The summed E-state index contributed by atoms with van der Waals surface area (Å²) in [7, 11) is 1.73. The van der Waals surface area contributed by atoms with Crippen molar-refractivity contribution in [1.29, 1.82) is 0 Å². The Balaban J connectivity index is 2.25. The predicted molar refractivity (Wildman–Crippen MR) is 83.6 cm³/mol. The van der Waals surface area contributed by atoms with Gasteiger partial charge in [0.15, 0.2) is 5.43 Å². The van der Waals surface area contributed by atoms with Crippen LogP contribution in [0.25, 0.3) is 32.8 Å². The molecule has 0 saturated carbocycles. The van der Waals surface area contributed by atoms with Gasteiger partial charge in [-0.1, -0.05) is 18.2 Å². The van der Waals surface area contributed by atoms with Crippen LogP contribution in [0, 0.1) is 0 Å². The van der Waals surface area contributed by atoms with Crippen molar-refractivity contribution in [2.45, 2.75) is 6.18 Å². The molecule has 0 bridgehead atoms. The molecule has 0 aliphatic heterocycles. The maximum atomic E-state index is 12.9. The minimum absolute atomic E-state index is 0.0691. The Morgan fingerprint density at radius 2 is 1.78 bits per heavy atom. The molecule has 1 N–H and O–H groups in total. The fourth-order valence-corrected chi connectivity index (χ4v) is 3.05. The molecule has 0 spiro atoms. The number of para-hydroxylation sites is 1. The first-order valence-corrected chi connectivity index (χ1v) is 6.98.